The average Bonchev–Trinajstić information content (AvgIpc) is 2.46. The topological polar surface area (TPSA) is 49.8 Å². The molecule has 1 N–H and O–H groups in total. The van der Waals surface area contributed by atoms with Crippen molar-refractivity contribution < 1.29 is 19.0 Å². The number of carbonyl (C=O) groups is 1. The minimum absolute atomic E-state index is 0.0369. The highest BCUT2D eigenvalue weighted by atomic mass is 19.1. The van der Waals surface area contributed by atoms with Crippen LogP contribution in [-0.2, 0) is 16.1 Å². The summed E-state index contributed by atoms with van der Waals surface area (Å²) >= 11 is 0. The summed E-state index contributed by atoms with van der Waals surface area (Å²) in [7, 11) is 0. The molecule has 5 heteroatoms. The van der Waals surface area contributed by atoms with Crippen molar-refractivity contribution in [2.75, 3.05) is 13.1 Å². The number of carboxylic acid groups (broad SMARTS) is 1. The highest BCUT2D eigenvalue weighted by Gasteiger charge is 2.27. The van der Waals surface area contributed by atoms with E-state index in [0.29, 0.717) is 12.1 Å². The summed E-state index contributed by atoms with van der Waals surface area (Å²) in [5.74, 6) is -1.08. The lowest BCUT2D eigenvalue weighted by Crippen LogP contribution is -2.47. The van der Waals surface area contributed by atoms with E-state index in [1.54, 1.807) is 25.1 Å². The number of piperidine rings is 1. The largest absolute Gasteiger partial charge is 0.480 e. The van der Waals surface area contributed by atoms with Gasteiger partial charge in [0.2, 0.25) is 0 Å². The van der Waals surface area contributed by atoms with E-state index in [-0.39, 0.29) is 18.5 Å². The summed E-state index contributed by atoms with van der Waals surface area (Å²) in [6.07, 6.45) is 1.75. The maximum atomic E-state index is 13.5. The molecule has 1 aliphatic rings. The molecule has 110 valence electrons. The van der Waals surface area contributed by atoms with E-state index in [4.69, 9.17) is 9.84 Å². The number of benzene rings is 1. The van der Waals surface area contributed by atoms with Gasteiger partial charge < -0.3 is 9.84 Å². The Bertz CT molecular complexity index is 466. The number of hydrogen-bond donors (Lipinski definition) is 1. The first-order valence-corrected chi connectivity index (χ1v) is 6.90. The van der Waals surface area contributed by atoms with Gasteiger partial charge in [0.15, 0.2) is 0 Å². The molecule has 1 aromatic rings. The number of likely N-dealkylation sites (tertiary alicyclic amines) is 1. The van der Waals surface area contributed by atoms with Crippen LogP contribution in [0.2, 0.25) is 0 Å². The van der Waals surface area contributed by atoms with Gasteiger partial charge in [0.1, 0.15) is 11.9 Å². The highest BCUT2D eigenvalue weighted by Crippen LogP contribution is 2.18. The Morgan fingerprint density at radius 2 is 2.30 bits per heavy atom. The lowest BCUT2D eigenvalue weighted by atomic mass is 10.1. The molecular weight excluding hydrogens is 261 g/mol. The molecule has 20 heavy (non-hydrogen) atoms. The van der Waals surface area contributed by atoms with Crippen molar-refractivity contribution >= 4 is 5.97 Å². The Balaban J connectivity index is 1.87. The summed E-state index contributed by atoms with van der Waals surface area (Å²) in [5, 5.41) is 9.03. The number of halogens is 1. The van der Waals surface area contributed by atoms with Crippen molar-refractivity contribution in [1.82, 2.24) is 4.90 Å². The number of aliphatic carboxylic acids is 1. The molecule has 1 heterocycles. The fraction of sp³-hybridized carbons (Fsp3) is 0.533. The fourth-order valence-electron chi connectivity index (χ4n) is 2.43. The number of nitrogens with zero attached hydrogens (tertiary/aromatic N) is 1. The molecule has 1 saturated heterocycles. The first kappa shape index (κ1) is 14.9. The quantitative estimate of drug-likeness (QED) is 0.899. The fourth-order valence-corrected chi connectivity index (χ4v) is 2.43. The molecule has 0 aliphatic carbocycles. The van der Waals surface area contributed by atoms with Gasteiger partial charge in [0, 0.05) is 12.1 Å². The van der Waals surface area contributed by atoms with Crippen molar-refractivity contribution in [3.63, 3.8) is 0 Å². The van der Waals surface area contributed by atoms with Crippen LogP contribution in [0.5, 0.6) is 0 Å². The minimum atomic E-state index is -0.820. The second-order valence-electron chi connectivity index (χ2n) is 5.18. The normalized spacial score (nSPS) is 21.6. The molecule has 0 saturated carbocycles. The van der Waals surface area contributed by atoms with Crippen LogP contribution in [0.3, 0.4) is 0 Å². The Morgan fingerprint density at radius 1 is 1.55 bits per heavy atom. The van der Waals surface area contributed by atoms with Crippen molar-refractivity contribution in [3.05, 3.63) is 35.6 Å². The molecule has 1 aliphatic heterocycles. The number of hydrogen-bond acceptors (Lipinski definition) is 3. The zero-order valence-electron chi connectivity index (χ0n) is 11.6. The Hall–Kier alpha value is -1.46. The summed E-state index contributed by atoms with van der Waals surface area (Å²) in [5.41, 5.74) is 0.538. The Morgan fingerprint density at radius 3 is 3.00 bits per heavy atom. The van der Waals surface area contributed by atoms with Crippen LogP contribution in [0.25, 0.3) is 0 Å². The van der Waals surface area contributed by atoms with Crippen LogP contribution in [0, 0.1) is 5.82 Å². The molecule has 2 rings (SSSR count). The summed E-state index contributed by atoms with van der Waals surface area (Å²) in [4.78, 5) is 12.9. The highest BCUT2D eigenvalue weighted by molar-refractivity contribution is 5.72. The molecule has 1 unspecified atom stereocenters. The van der Waals surface area contributed by atoms with Crippen LogP contribution in [0.1, 0.15) is 25.3 Å². The molecule has 4 nitrogen and oxygen atoms in total. The second kappa shape index (κ2) is 6.81. The molecule has 2 atom stereocenters. The van der Waals surface area contributed by atoms with Gasteiger partial charge in [-0.25, -0.2) is 4.39 Å². The van der Waals surface area contributed by atoms with Gasteiger partial charge in [-0.1, -0.05) is 18.2 Å². The standard InChI is InChI=1S/C15H20FNO3/c1-11(15(18)19)17-8-4-6-13(9-17)20-10-12-5-2-3-7-14(12)16/h2-3,5,7,11,13H,4,6,8-10H2,1H3,(H,18,19)/t11?,13-/m0/s1. The predicted molar refractivity (Wildman–Crippen MR) is 72.9 cm³/mol. The lowest BCUT2D eigenvalue weighted by Gasteiger charge is -2.34. The van der Waals surface area contributed by atoms with Gasteiger partial charge in [0.25, 0.3) is 0 Å². The first-order chi connectivity index (χ1) is 9.58. The van der Waals surface area contributed by atoms with Crippen molar-refractivity contribution in [2.24, 2.45) is 0 Å². The molecule has 0 amide bonds. The Kier molecular flexibility index (Phi) is 5.09. The minimum Gasteiger partial charge on any atom is -0.480 e. The van der Waals surface area contributed by atoms with Gasteiger partial charge in [-0.15, -0.1) is 0 Å². The van der Waals surface area contributed by atoms with E-state index in [9.17, 15) is 9.18 Å². The van der Waals surface area contributed by atoms with Gasteiger partial charge in [0.05, 0.1) is 12.7 Å². The van der Waals surface area contributed by atoms with Gasteiger partial charge in [-0.05, 0) is 32.4 Å². The van der Waals surface area contributed by atoms with Gasteiger partial charge in [-0.3, -0.25) is 9.69 Å². The van der Waals surface area contributed by atoms with E-state index >= 15 is 0 Å². The van der Waals surface area contributed by atoms with Crippen LogP contribution >= 0.6 is 0 Å². The lowest BCUT2D eigenvalue weighted by molar-refractivity contribution is -0.144. The maximum absolute atomic E-state index is 13.5. The van der Waals surface area contributed by atoms with E-state index in [2.05, 4.69) is 0 Å². The Labute approximate surface area is 118 Å². The molecule has 0 radical (unpaired) electrons. The van der Waals surface area contributed by atoms with Crippen LogP contribution in [0.4, 0.5) is 4.39 Å². The smallest absolute Gasteiger partial charge is 0.320 e. The zero-order valence-corrected chi connectivity index (χ0v) is 11.6. The van der Waals surface area contributed by atoms with E-state index in [1.807, 2.05) is 4.90 Å². The van der Waals surface area contributed by atoms with E-state index < -0.39 is 12.0 Å². The van der Waals surface area contributed by atoms with Crippen molar-refractivity contribution in [1.29, 1.82) is 0 Å². The molecule has 0 spiro atoms. The van der Waals surface area contributed by atoms with Crippen molar-refractivity contribution in [2.45, 2.75) is 38.5 Å². The van der Waals surface area contributed by atoms with Crippen LogP contribution < -0.4 is 0 Å². The zero-order chi connectivity index (χ0) is 14.5. The summed E-state index contributed by atoms with van der Waals surface area (Å²) < 4.78 is 19.2. The third-order valence-electron chi connectivity index (χ3n) is 3.75. The van der Waals surface area contributed by atoms with Crippen molar-refractivity contribution in [3.8, 4) is 0 Å². The SMILES string of the molecule is CC(C(=O)O)N1CCC[C@H](OCc2ccccc2F)C1. The average molecular weight is 281 g/mol. The first-order valence-electron chi connectivity index (χ1n) is 6.90. The van der Waals surface area contributed by atoms with Crippen LogP contribution in [0.15, 0.2) is 24.3 Å². The molecular formula is C15H20FNO3. The molecule has 0 bridgehead atoms. The maximum Gasteiger partial charge on any atom is 0.320 e. The van der Waals surface area contributed by atoms with E-state index in [0.717, 1.165) is 19.4 Å². The number of rotatable bonds is 5. The number of carboxylic acids is 1. The second-order valence-corrected chi connectivity index (χ2v) is 5.18. The summed E-state index contributed by atoms with van der Waals surface area (Å²) in [6.45, 7) is 3.27. The molecule has 1 fully saturated rings. The molecule has 0 aromatic heterocycles. The van der Waals surface area contributed by atoms with Crippen LogP contribution in [-0.4, -0.2) is 41.2 Å². The number of ether oxygens (including phenoxy) is 1. The predicted octanol–water partition coefficient (Wildman–Crippen LogP) is 2.28. The molecule has 1 aromatic carbocycles. The monoisotopic (exact) mass is 281 g/mol. The third kappa shape index (κ3) is 3.77. The van der Waals surface area contributed by atoms with Gasteiger partial charge >= 0.3 is 5.97 Å². The van der Waals surface area contributed by atoms with E-state index in [1.165, 1.54) is 6.07 Å². The summed E-state index contributed by atoms with van der Waals surface area (Å²) in [6, 6.07) is 6.04. The van der Waals surface area contributed by atoms with Gasteiger partial charge in [-0.2, -0.15) is 0 Å². The third-order valence-corrected chi connectivity index (χ3v) is 3.75.